The van der Waals surface area contributed by atoms with Crippen molar-refractivity contribution < 1.29 is 36.0 Å². The third kappa shape index (κ3) is 4.34. The van der Waals surface area contributed by atoms with E-state index in [4.69, 9.17) is 11.6 Å². The molecule has 1 aromatic carbocycles. The third-order valence-electron chi connectivity index (χ3n) is 3.02. The molecule has 0 saturated carbocycles. The molecule has 0 spiro atoms. The van der Waals surface area contributed by atoms with E-state index >= 15 is 0 Å². The van der Waals surface area contributed by atoms with Crippen molar-refractivity contribution in [2.75, 3.05) is 0 Å². The largest absolute Gasteiger partial charge is 0.435 e. The highest BCUT2D eigenvalue weighted by Crippen LogP contribution is 2.33. The molecule has 2 rings (SSSR count). The van der Waals surface area contributed by atoms with E-state index in [1.165, 1.54) is 0 Å². The molecule has 0 aliphatic rings. The van der Waals surface area contributed by atoms with E-state index in [2.05, 4.69) is 15.1 Å². The van der Waals surface area contributed by atoms with Crippen LogP contribution in [-0.4, -0.2) is 22.0 Å². The number of hydrogen-bond donors (Lipinski definition) is 0. The second kappa shape index (κ2) is 6.98. The minimum absolute atomic E-state index is 0.420. The summed E-state index contributed by atoms with van der Waals surface area (Å²) in [4.78, 5) is 16.0. The smallest absolute Gasteiger partial charge is 0.313 e. The second-order valence-electron chi connectivity index (χ2n) is 4.87. The van der Waals surface area contributed by atoms with Crippen LogP contribution in [0.15, 0.2) is 29.4 Å². The predicted molar refractivity (Wildman–Crippen MR) is 77.7 cm³/mol. The predicted octanol–water partition coefficient (Wildman–Crippen LogP) is 4.30. The lowest BCUT2D eigenvalue weighted by molar-refractivity contribution is -0.141. The lowest BCUT2D eigenvalue weighted by Crippen LogP contribution is -2.10. The molecule has 1 heterocycles. The first-order valence-electron chi connectivity index (χ1n) is 6.63. The van der Waals surface area contributed by atoms with Gasteiger partial charge in [-0.3, -0.25) is 4.68 Å². The van der Waals surface area contributed by atoms with Crippen LogP contribution in [0.4, 0.5) is 26.3 Å². The van der Waals surface area contributed by atoms with Gasteiger partial charge in [-0.15, -0.1) is 0 Å². The zero-order chi connectivity index (χ0) is 19.7. The van der Waals surface area contributed by atoms with Gasteiger partial charge >= 0.3 is 18.3 Å². The van der Waals surface area contributed by atoms with Crippen molar-refractivity contribution in [3.63, 3.8) is 0 Å². The van der Waals surface area contributed by atoms with Crippen LogP contribution in [0.3, 0.4) is 0 Å². The summed E-state index contributed by atoms with van der Waals surface area (Å²) in [7, 11) is 1.16. The van der Waals surface area contributed by atoms with E-state index in [0.717, 1.165) is 29.9 Å². The molecule has 0 aliphatic heterocycles. The SMILES string of the molecule is Cn1nc(C(F)(F)F)c(/C=N/OC(=O)c2cccc(C(F)(F)F)c2)c1Cl. The Balaban J connectivity index is 2.21. The van der Waals surface area contributed by atoms with Gasteiger partial charge in [0.2, 0.25) is 0 Å². The molecule has 2 aromatic rings. The minimum Gasteiger partial charge on any atom is -0.313 e. The summed E-state index contributed by atoms with van der Waals surface area (Å²) >= 11 is 5.67. The third-order valence-corrected chi connectivity index (χ3v) is 3.47. The maximum Gasteiger partial charge on any atom is 0.435 e. The Hall–Kier alpha value is -2.56. The number of benzene rings is 1. The highest BCUT2D eigenvalue weighted by Gasteiger charge is 2.38. The maximum atomic E-state index is 12.8. The summed E-state index contributed by atoms with van der Waals surface area (Å²) in [6.45, 7) is 0. The van der Waals surface area contributed by atoms with Gasteiger partial charge in [0.25, 0.3) is 0 Å². The zero-order valence-electron chi connectivity index (χ0n) is 12.7. The van der Waals surface area contributed by atoms with Gasteiger partial charge in [-0.05, 0) is 18.2 Å². The number of carbonyl (C=O) groups excluding carboxylic acids is 1. The van der Waals surface area contributed by atoms with Crippen molar-refractivity contribution in [3.05, 3.63) is 51.8 Å². The Kier molecular flexibility index (Phi) is 5.31. The normalized spacial score (nSPS) is 12.6. The summed E-state index contributed by atoms with van der Waals surface area (Å²) in [5, 5.41) is 5.82. The Bertz CT molecular complexity index is 857. The Morgan fingerprint density at radius 3 is 2.46 bits per heavy atom. The summed E-state index contributed by atoms with van der Waals surface area (Å²) in [6.07, 6.45) is -9.01. The number of hydrogen-bond acceptors (Lipinski definition) is 4. The Morgan fingerprint density at radius 2 is 1.88 bits per heavy atom. The van der Waals surface area contributed by atoms with Crippen LogP contribution in [0.1, 0.15) is 27.2 Å². The molecule has 140 valence electrons. The van der Waals surface area contributed by atoms with Gasteiger partial charge in [0.1, 0.15) is 5.15 Å². The monoisotopic (exact) mass is 399 g/mol. The van der Waals surface area contributed by atoms with Gasteiger partial charge in [0.15, 0.2) is 5.69 Å². The first kappa shape index (κ1) is 19.8. The van der Waals surface area contributed by atoms with Crippen molar-refractivity contribution in [2.45, 2.75) is 12.4 Å². The van der Waals surface area contributed by atoms with Crippen LogP contribution >= 0.6 is 11.6 Å². The molecule has 0 N–H and O–H groups in total. The number of aromatic nitrogens is 2. The number of carbonyl (C=O) groups is 1. The van der Waals surface area contributed by atoms with E-state index in [9.17, 15) is 31.1 Å². The van der Waals surface area contributed by atoms with E-state index in [-0.39, 0.29) is 0 Å². The Morgan fingerprint density at radius 1 is 1.23 bits per heavy atom. The van der Waals surface area contributed by atoms with Gasteiger partial charge in [0.05, 0.1) is 22.9 Å². The number of rotatable bonds is 3. The number of alkyl halides is 6. The summed E-state index contributed by atoms with van der Waals surface area (Å²) < 4.78 is 77.0. The van der Waals surface area contributed by atoms with E-state index < -0.39 is 45.9 Å². The molecule has 0 aliphatic carbocycles. The number of oxime groups is 1. The molecule has 0 atom stereocenters. The topological polar surface area (TPSA) is 56.5 Å². The van der Waals surface area contributed by atoms with Crippen LogP contribution in [0, 0.1) is 0 Å². The zero-order valence-corrected chi connectivity index (χ0v) is 13.4. The molecule has 5 nitrogen and oxygen atoms in total. The standard InChI is InChI=1S/C14H8ClF6N3O2/c1-24-11(15)9(10(23-24)14(19,20)21)6-22-26-12(25)7-3-2-4-8(5-7)13(16,17)18/h2-6H,1H3/b22-6+. The van der Waals surface area contributed by atoms with Gasteiger partial charge in [-0.2, -0.15) is 31.4 Å². The van der Waals surface area contributed by atoms with E-state index in [1.807, 2.05) is 0 Å². The quantitative estimate of drug-likeness (QED) is 0.335. The molecule has 0 bridgehead atoms. The summed E-state index contributed by atoms with van der Waals surface area (Å²) in [5.74, 6) is -1.29. The fourth-order valence-corrected chi connectivity index (χ4v) is 2.02. The Labute approximate surface area is 146 Å². The van der Waals surface area contributed by atoms with Gasteiger partial charge in [0, 0.05) is 7.05 Å². The molecule has 0 unspecified atom stereocenters. The van der Waals surface area contributed by atoms with Crippen LogP contribution < -0.4 is 0 Å². The summed E-state index contributed by atoms with van der Waals surface area (Å²) in [6, 6.07) is 3.27. The second-order valence-corrected chi connectivity index (χ2v) is 5.22. The molecule has 0 radical (unpaired) electrons. The molecular weight excluding hydrogens is 392 g/mol. The van der Waals surface area contributed by atoms with Crippen LogP contribution in [0.5, 0.6) is 0 Å². The van der Waals surface area contributed by atoms with Crippen molar-refractivity contribution in [1.29, 1.82) is 0 Å². The highest BCUT2D eigenvalue weighted by molar-refractivity contribution is 6.32. The molecular formula is C14H8ClF6N3O2. The summed E-state index contributed by atoms with van der Waals surface area (Å²) in [5.41, 5.74) is -3.58. The van der Waals surface area contributed by atoms with E-state index in [1.54, 1.807) is 0 Å². The highest BCUT2D eigenvalue weighted by atomic mass is 35.5. The fourth-order valence-electron chi connectivity index (χ4n) is 1.85. The molecule has 0 amide bonds. The maximum absolute atomic E-state index is 12.8. The molecule has 12 heteroatoms. The van der Waals surface area contributed by atoms with Gasteiger partial charge in [-0.1, -0.05) is 22.8 Å². The molecule has 0 fully saturated rings. The average Bonchev–Trinajstić information content (AvgIpc) is 2.82. The van der Waals surface area contributed by atoms with E-state index in [0.29, 0.717) is 12.3 Å². The lowest BCUT2D eigenvalue weighted by atomic mass is 10.1. The molecule has 26 heavy (non-hydrogen) atoms. The lowest BCUT2D eigenvalue weighted by Gasteiger charge is -2.07. The number of halogens is 7. The van der Waals surface area contributed by atoms with Gasteiger partial charge in [-0.25, -0.2) is 4.79 Å². The fraction of sp³-hybridized carbons (Fsp3) is 0.214. The van der Waals surface area contributed by atoms with Crippen LogP contribution in [0.2, 0.25) is 5.15 Å². The van der Waals surface area contributed by atoms with Crippen molar-refractivity contribution in [1.82, 2.24) is 9.78 Å². The number of nitrogens with zero attached hydrogens (tertiary/aromatic N) is 3. The van der Waals surface area contributed by atoms with Gasteiger partial charge < -0.3 is 4.84 Å². The van der Waals surface area contributed by atoms with Crippen molar-refractivity contribution >= 4 is 23.8 Å². The van der Waals surface area contributed by atoms with Crippen molar-refractivity contribution in [3.8, 4) is 0 Å². The average molecular weight is 400 g/mol. The first-order chi connectivity index (χ1) is 11.9. The minimum atomic E-state index is -4.84. The number of aryl methyl sites for hydroxylation is 1. The van der Waals surface area contributed by atoms with Crippen LogP contribution in [0.25, 0.3) is 0 Å². The van der Waals surface area contributed by atoms with Crippen molar-refractivity contribution in [2.24, 2.45) is 12.2 Å². The first-order valence-corrected chi connectivity index (χ1v) is 7.00. The molecule has 0 saturated heterocycles. The molecule has 1 aromatic heterocycles. The van der Waals surface area contributed by atoms with Crippen LogP contribution in [-0.2, 0) is 24.2 Å².